The third kappa shape index (κ3) is 4.04. The molecular formula is C11H13N5O2S. The molecule has 19 heavy (non-hydrogen) atoms. The molecule has 0 aliphatic heterocycles. The predicted molar refractivity (Wildman–Crippen MR) is 70.8 cm³/mol. The first-order chi connectivity index (χ1) is 9.17. The zero-order valence-electron chi connectivity index (χ0n) is 10.3. The van der Waals surface area contributed by atoms with Gasteiger partial charge in [0.15, 0.2) is 11.0 Å². The van der Waals surface area contributed by atoms with Crippen molar-refractivity contribution in [2.75, 3.05) is 12.3 Å². The van der Waals surface area contributed by atoms with Gasteiger partial charge >= 0.3 is 0 Å². The molecule has 0 bridgehead atoms. The highest BCUT2D eigenvalue weighted by atomic mass is 32.2. The van der Waals surface area contributed by atoms with Gasteiger partial charge in [0.05, 0.1) is 0 Å². The van der Waals surface area contributed by atoms with E-state index in [0.29, 0.717) is 35.0 Å². The molecule has 0 saturated carbocycles. The maximum absolute atomic E-state index is 11.2. The van der Waals surface area contributed by atoms with Crippen molar-refractivity contribution in [3.8, 4) is 0 Å². The molecule has 0 spiro atoms. The van der Waals surface area contributed by atoms with Gasteiger partial charge in [0.1, 0.15) is 17.5 Å². The van der Waals surface area contributed by atoms with Gasteiger partial charge in [-0.05, 0) is 18.7 Å². The third-order valence-corrected chi connectivity index (χ3v) is 2.87. The average molecular weight is 279 g/mol. The van der Waals surface area contributed by atoms with Crippen LogP contribution in [-0.2, 0) is 11.3 Å². The number of aromatic amines is 1. The first-order valence-electron chi connectivity index (χ1n) is 5.61. The highest BCUT2D eigenvalue weighted by Gasteiger charge is 2.06. The maximum atomic E-state index is 11.2. The summed E-state index contributed by atoms with van der Waals surface area (Å²) in [6.07, 6.45) is 1.44. The van der Waals surface area contributed by atoms with E-state index < -0.39 is 0 Å². The maximum Gasteiger partial charge on any atom is 0.251 e. The molecule has 0 unspecified atom stereocenters. The van der Waals surface area contributed by atoms with Crippen molar-refractivity contribution in [3.63, 3.8) is 0 Å². The van der Waals surface area contributed by atoms with E-state index in [0.717, 1.165) is 0 Å². The molecule has 2 heterocycles. The fraction of sp³-hybridized carbons (Fsp3) is 0.273. The molecule has 0 amide bonds. The number of rotatable bonds is 5. The van der Waals surface area contributed by atoms with Crippen LogP contribution in [-0.4, -0.2) is 26.5 Å². The molecule has 0 aliphatic carbocycles. The molecule has 2 aromatic heterocycles. The Morgan fingerprint density at radius 3 is 3.05 bits per heavy atom. The molecule has 8 heteroatoms. The molecular weight excluding hydrogens is 266 g/mol. The number of nitrogens with one attached hydrogen (secondary N) is 1. The smallest absolute Gasteiger partial charge is 0.251 e. The summed E-state index contributed by atoms with van der Waals surface area (Å²) in [4.78, 5) is 26.1. The van der Waals surface area contributed by atoms with E-state index in [4.69, 9.17) is 10.5 Å². The summed E-state index contributed by atoms with van der Waals surface area (Å²) in [5, 5.41) is 1.06. The molecule has 7 nitrogen and oxygen atoms in total. The van der Waals surface area contributed by atoms with Crippen molar-refractivity contribution in [1.29, 1.82) is 0 Å². The third-order valence-electron chi connectivity index (χ3n) is 2.05. The van der Waals surface area contributed by atoms with Gasteiger partial charge in [-0.1, -0.05) is 0 Å². The van der Waals surface area contributed by atoms with Crippen LogP contribution < -0.4 is 11.3 Å². The lowest BCUT2D eigenvalue weighted by molar-refractivity contribution is 0.128. The van der Waals surface area contributed by atoms with E-state index in [1.807, 2.05) is 6.92 Å². The average Bonchev–Trinajstić information content (AvgIpc) is 2.35. The Balaban J connectivity index is 2.20. The Labute approximate surface area is 113 Å². The minimum atomic E-state index is -0.214. The van der Waals surface area contributed by atoms with E-state index in [2.05, 4.69) is 19.9 Å². The number of hydrogen-bond acceptors (Lipinski definition) is 7. The number of nitrogens with zero attached hydrogens (tertiary/aromatic N) is 3. The number of ether oxygens (including phenoxy) is 1. The second-order valence-electron chi connectivity index (χ2n) is 3.53. The van der Waals surface area contributed by atoms with Gasteiger partial charge in [0.2, 0.25) is 0 Å². The Kier molecular flexibility index (Phi) is 4.48. The Morgan fingerprint density at radius 1 is 1.47 bits per heavy atom. The molecule has 0 saturated heterocycles. The second-order valence-corrected chi connectivity index (χ2v) is 4.53. The van der Waals surface area contributed by atoms with Crippen molar-refractivity contribution in [2.24, 2.45) is 0 Å². The summed E-state index contributed by atoms with van der Waals surface area (Å²) in [6.45, 7) is 2.77. The minimum absolute atomic E-state index is 0.214. The van der Waals surface area contributed by atoms with Crippen LogP contribution in [0, 0.1) is 0 Å². The van der Waals surface area contributed by atoms with E-state index in [1.165, 1.54) is 24.0 Å². The number of nitrogen functional groups attached to an aromatic ring is 1. The van der Waals surface area contributed by atoms with Crippen LogP contribution in [0.4, 0.5) is 5.82 Å². The van der Waals surface area contributed by atoms with Crippen LogP contribution in [0.2, 0.25) is 0 Å². The Morgan fingerprint density at radius 2 is 2.32 bits per heavy atom. The Bertz CT molecular complexity index is 616. The molecule has 0 fully saturated rings. The zero-order valence-corrected chi connectivity index (χ0v) is 11.1. The van der Waals surface area contributed by atoms with Gasteiger partial charge in [-0.25, -0.2) is 15.0 Å². The summed E-state index contributed by atoms with van der Waals surface area (Å²) < 4.78 is 5.24. The number of aromatic nitrogens is 4. The minimum Gasteiger partial charge on any atom is -0.384 e. The van der Waals surface area contributed by atoms with Crippen LogP contribution in [0.15, 0.2) is 33.3 Å². The van der Waals surface area contributed by atoms with Crippen molar-refractivity contribution in [2.45, 2.75) is 23.7 Å². The predicted octanol–water partition coefficient (Wildman–Crippen LogP) is 0.830. The lowest BCUT2D eigenvalue weighted by Crippen LogP contribution is -2.06. The Hall–Kier alpha value is -1.93. The molecule has 0 atom stereocenters. The normalized spacial score (nSPS) is 10.6. The fourth-order valence-corrected chi connectivity index (χ4v) is 2.10. The number of nitrogens with two attached hydrogens (primary N) is 1. The highest BCUT2D eigenvalue weighted by Crippen LogP contribution is 2.22. The van der Waals surface area contributed by atoms with Gasteiger partial charge < -0.3 is 15.5 Å². The van der Waals surface area contributed by atoms with Crippen LogP contribution in [0.25, 0.3) is 0 Å². The quantitative estimate of drug-likeness (QED) is 0.616. The largest absolute Gasteiger partial charge is 0.384 e. The summed E-state index contributed by atoms with van der Waals surface area (Å²) in [5.74, 6) is 0.855. The molecule has 100 valence electrons. The van der Waals surface area contributed by atoms with E-state index in [9.17, 15) is 4.79 Å². The number of H-pyrrole nitrogens is 1. The summed E-state index contributed by atoms with van der Waals surface area (Å²) in [7, 11) is 0. The highest BCUT2D eigenvalue weighted by molar-refractivity contribution is 7.99. The van der Waals surface area contributed by atoms with Crippen LogP contribution in [0.5, 0.6) is 0 Å². The zero-order chi connectivity index (χ0) is 13.7. The molecule has 3 N–H and O–H groups in total. The van der Waals surface area contributed by atoms with Crippen LogP contribution >= 0.6 is 11.8 Å². The molecule has 0 aliphatic rings. The second kappa shape index (κ2) is 6.30. The lowest BCUT2D eigenvalue weighted by Gasteiger charge is -2.05. The summed E-state index contributed by atoms with van der Waals surface area (Å²) >= 11 is 1.21. The van der Waals surface area contributed by atoms with Gasteiger partial charge in [-0.15, -0.1) is 0 Å². The topological polar surface area (TPSA) is 107 Å². The van der Waals surface area contributed by atoms with Gasteiger partial charge in [0.25, 0.3) is 5.56 Å². The van der Waals surface area contributed by atoms with Crippen molar-refractivity contribution < 1.29 is 4.74 Å². The van der Waals surface area contributed by atoms with Gasteiger partial charge in [0, 0.05) is 24.9 Å². The van der Waals surface area contributed by atoms with Crippen molar-refractivity contribution in [3.05, 3.63) is 34.5 Å². The summed E-state index contributed by atoms with van der Waals surface area (Å²) in [5.41, 5.74) is 5.49. The number of anilines is 1. The molecule has 0 radical (unpaired) electrons. The first kappa shape index (κ1) is 13.5. The van der Waals surface area contributed by atoms with Crippen LogP contribution in [0.1, 0.15) is 12.7 Å². The number of hydrogen-bond donors (Lipinski definition) is 2. The fourth-order valence-electron chi connectivity index (χ4n) is 1.31. The SMILES string of the molecule is CCOCc1nc(N)cc(Sc2nccc(=O)[nH]2)n1. The molecule has 0 aromatic carbocycles. The van der Waals surface area contributed by atoms with Crippen molar-refractivity contribution >= 4 is 17.6 Å². The molecule has 2 rings (SSSR count). The summed E-state index contributed by atoms with van der Waals surface area (Å²) in [6, 6.07) is 2.96. The van der Waals surface area contributed by atoms with Gasteiger partial charge in [-0.2, -0.15) is 0 Å². The van der Waals surface area contributed by atoms with Crippen molar-refractivity contribution in [1.82, 2.24) is 19.9 Å². The molecule has 2 aromatic rings. The van der Waals surface area contributed by atoms with Crippen LogP contribution in [0.3, 0.4) is 0 Å². The van der Waals surface area contributed by atoms with E-state index in [-0.39, 0.29) is 5.56 Å². The first-order valence-corrected chi connectivity index (χ1v) is 6.43. The lowest BCUT2D eigenvalue weighted by atomic mass is 10.5. The standard InChI is InChI=1S/C11H13N5O2S/c1-2-18-6-8-14-7(12)5-10(15-8)19-11-13-4-3-9(17)16-11/h3-5H,2,6H2,1H3,(H2,12,14,15)(H,13,16,17). The van der Waals surface area contributed by atoms with E-state index >= 15 is 0 Å². The van der Waals surface area contributed by atoms with E-state index in [1.54, 1.807) is 6.07 Å². The monoisotopic (exact) mass is 279 g/mol. The van der Waals surface area contributed by atoms with Gasteiger partial charge in [-0.3, -0.25) is 4.79 Å².